The molecule has 12 heteroatoms. The summed E-state index contributed by atoms with van der Waals surface area (Å²) in [5.74, 6) is -0.749. The van der Waals surface area contributed by atoms with E-state index in [0.29, 0.717) is 22.3 Å². The van der Waals surface area contributed by atoms with Gasteiger partial charge in [-0.05, 0) is 42.0 Å². The third-order valence-electron chi connectivity index (χ3n) is 5.07. The van der Waals surface area contributed by atoms with Crippen LogP contribution in [0.15, 0.2) is 66.9 Å². The highest BCUT2D eigenvalue weighted by Gasteiger charge is 2.35. The van der Waals surface area contributed by atoms with E-state index in [1.807, 2.05) is 0 Å². The van der Waals surface area contributed by atoms with Gasteiger partial charge < -0.3 is 10.3 Å². The number of hydroxylamine groups is 1. The molecule has 0 aliphatic heterocycles. The Balaban J connectivity index is 1.91. The Kier molecular flexibility index (Phi) is 6.13. The standard InChI is InChI=1S/C22H17F3N4O4S/c1-28(33-34(31)32)15-8-7-14-11-19(21(26)30)29(18(14)12-15)16-5-2-4-13(10-16)17-6-3-9-27-20(17)22(23,24)25/h2-12H,1H3,(H2,26,30)(H,31,32). The molecule has 0 radical (unpaired) electrons. The van der Waals surface area contributed by atoms with Gasteiger partial charge in [0.05, 0.1) is 11.2 Å². The van der Waals surface area contributed by atoms with Gasteiger partial charge in [-0.1, -0.05) is 24.3 Å². The van der Waals surface area contributed by atoms with Crippen LogP contribution in [0.3, 0.4) is 0 Å². The molecule has 1 unspecified atom stereocenters. The second-order valence-corrected chi connectivity index (χ2v) is 7.79. The van der Waals surface area contributed by atoms with Gasteiger partial charge in [-0.15, -0.1) is 4.28 Å². The van der Waals surface area contributed by atoms with Crippen molar-refractivity contribution in [1.82, 2.24) is 9.55 Å². The lowest BCUT2D eigenvalue weighted by molar-refractivity contribution is -0.140. The first-order chi connectivity index (χ1) is 16.1. The van der Waals surface area contributed by atoms with Gasteiger partial charge >= 0.3 is 17.5 Å². The summed E-state index contributed by atoms with van der Waals surface area (Å²) in [5, 5.41) is 1.68. The number of anilines is 1. The van der Waals surface area contributed by atoms with Crippen molar-refractivity contribution in [2.24, 2.45) is 5.73 Å². The molecule has 34 heavy (non-hydrogen) atoms. The van der Waals surface area contributed by atoms with Crippen LogP contribution < -0.4 is 10.8 Å². The van der Waals surface area contributed by atoms with E-state index in [1.165, 1.54) is 35.9 Å². The molecule has 0 saturated heterocycles. The maximum atomic E-state index is 13.5. The fraction of sp³-hybridized carbons (Fsp3) is 0.0909. The topological polar surface area (TPSA) is 111 Å². The second-order valence-electron chi connectivity index (χ2n) is 7.21. The van der Waals surface area contributed by atoms with Crippen LogP contribution in [0.1, 0.15) is 16.2 Å². The molecule has 4 aromatic rings. The average Bonchev–Trinajstić information content (AvgIpc) is 3.17. The van der Waals surface area contributed by atoms with E-state index in [1.54, 1.807) is 36.4 Å². The van der Waals surface area contributed by atoms with Crippen molar-refractivity contribution in [2.75, 3.05) is 12.1 Å². The molecule has 1 amide bonds. The van der Waals surface area contributed by atoms with E-state index in [9.17, 15) is 22.2 Å². The highest BCUT2D eigenvalue weighted by Crippen LogP contribution is 2.36. The Morgan fingerprint density at radius 3 is 2.59 bits per heavy atom. The number of carbonyl (C=O) groups excluding carboxylic acids is 1. The Hall–Kier alpha value is -3.74. The number of carbonyl (C=O) groups is 1. The zero-order chi connectivity index (χ0) is 24.6. The van der Waals surface area contributed by atoms with Gasteiger partial charge in [0.15, 0.2) is 5.69 Å². The number of fused-ring (bicyclic) bond motifs is 1. The number of nitrogens with two attached hydrogens (primary N) is 1. The zero-order valence-corrected chi connectivity index (χ0v) is 18.3. The number of primary amides is 1. The normalized spacial score (nSPS) is 12.6. The van der Waals surface area contributed by atoms with Gasteiger partial charge in [-0.2, -0.15) is 17.4 Å². The fourth-order valence-electron chi connectivity index (χ4n) is 3.66. The van der Waals surface area contributed by atoms with Gasteiger partial charge in [-0.25, -0.2) is 5.06 Å². The number of alkyl halides is 3. The van der Waals surface area contributed by atoms with E-state index in [2.05, 4.69) is 4.98 Å². The van der Waals surface area contributed by atoms with Gasteiger partial charge in [0, 0.05) is 29.9 Å². The van der Waals surface area contributed by atoms with Crippen molar-refractivity contribution in [3.8, 4) is 16.8 Å². The molecule has 3 N–H and O–H groups in total. The van der Waals surface area contributed by atoms with Gasteiger partial charge in [-0.3, -0.25) is 14.3 Å². The minimum atomic E-state index is -4.66. The van der Waals surface area contributed by atoms with Crippen molar-refractivity contribution in [2.45, 2.75) is 6.18 Å². The number of rotatable bonds is 6. The van der Waals surface area contributed by atoms with Gasteiger partial charge in [0.1, 0.15) is 5.69 Å². The van der Waals surface area contributed by atoms with Crippen LogP contribution in [0.2, 0.25) is 0 Å². The Morgan fingerprint density at radius 1 is 1.15 bits per heavy atom. The second kappa shape index (κ2) is 8.89. The summed E-state index contributed by atoms with van der Waals surface area (Å²) in [6.07, 6.45) is -3.59. The van der Waals surface area contributed by atoms with Crippen LogP contribution in [0.4, 0.5) is 18.9 Å². The minimum Gasteiger partial charge on any atom is -0.364 e. The monoisotopic (exact) mass is 490 g/mol. The number of pyridine rings is 1. The van der Waals surface area contributed by atoms with Crippen LogP contribution >= 0.6 is 0 Å². The highest BCUT2D eigenvalue weighted by atomic mass is 32.2. The van der Waals surface area contributed by atoms with E-state index in [0.717, 1.165) is 11.3 Å². The number of hydrogen-bond donors (Lipinski definition) is 2. The number of hydrogen-bond acceptors (Lipinski definition) is 5. The van der Waals surface area contributed by atoms with Crippen LogP contribution in [0.25, 0.3) is 27.7 Å². The molecule has 8 nitrogen and oxygen atoms in total. The lowest BCUT2D eigenvalue weighted by Crippen LogP contribution is -2.19. The molecular formula is C22H17F3N4O4S. The third kappa shape index (κ3) is 4.51. The molecule has 0 fully saturated rings. The molecule has 2 aromatic carbocycles. The number of halogens is 3. The van der Waals surface area contributed by atoms with Gasteiger partial charge in [0.25, 0.3) is 5.91 Å². The van der Waals surface area contributed by atoms with Crippen molar-refractivity contribution in [1.29, 1.82) is 0 Å². The highest BCUT2D eigenvalue weighted by molar-refractivity contribution is 7.74. The molecule has 2 aromatic heterocycles. The minimum absolute atomic E-state index is 0.0980. The maximum Gasteiger partial charge on any atom is 0.433 e. The number of benzene rings is 2. The van der Waals surface area contributed by atoms with E-state index < -0.39 is 29.1 Å². The molecule has 2 heterocycles. The van der Waals surface area contributed by atoms with Crippen molar-refractivity contribution in [3.05, 3.63) is 78.2 Å². The van der Waals surface area contributed by atoms with E-state index >= 15 is 0 Å². The smallest absolute Gasteiger partial charge is 0.364 e. The zero-order valence-electron chi connectivity index (χ0n) is 17.5. The van der Waals surface area contributed by atoms with Crippen LogP contribution in [0, 0.1) is 0 Å². The average molecular weight is 490 g/mol. The molecule has 0 aliphatic carbocycles. The molecule has 4 rings (SSSR count). The third-order valence-corrected chi connectivity index (χ3v) is 5.42. The lowest BCUT2D eigenvalue weighted by Gasteiger charge is -2.17. The summed E-state index contributed by atoms with van der Waals surface area (Å²) in [4.78, 5) is 15.7. The summed E-state index contributed by atoms with van der Waals surface area (Å²) in [5.41, 5.74) is 6.01. The van der Waals surface area contributed by atoms with E-state index in [4.69, 9.17) is 14.6 Å². The number of amides is 1. The number of aromatic nitrogens is 2. The van der Waals surface area contributed by atoms with Crippen LogP contribution in [-0.2, 0) is 21.8 Å². The Morgan fingerprint density at radius 2 is 1.91 bits per heavy atom. The summed E-state index contributed by atoms with van der Waals surface area (Å²) >= 11 is -2.56. The van der Waals surface area contributed by atoms with Gasteiger partial charge in [0.2, 0.25) is 0 Å². The molecular weight excluding hydrogens is 473 g/mol. The first-order valence-corrected chi connectivity index (χ1v) is 10.7. The molecule has 0 spiro atoms. The van der Waals surface area contributed by atoms with Crippen LogP contribution in [0.5, 0.6) is 0 Å². The summed E-state index contributed by atoms with van der Waals surface area (Å²) in [6, 6.07) is 15.3. The molecule has 176 valence electrons. The van der Waals surface area contributed by atoms with Crippen molar-refractivity contribution < 1.29 is 31.0 Å². The predicted molar refractivity (Wildman–Crippen MR) is 120 cm³/mol. The summed E-state index contributed by atoms with van der Waals surface area (Å²) in [7, 11) is 1.42. The molecule has 0 saturated carbocycles. The molecule has 1 atom stereocenters. The Bertz CT molecular complexity index is 1420. The molecule has 0 bridgehead atoms. The van der Waals surface area contributed by atoms with Crippen LogP contribution in [-0.4, -0.2) is 31.3 Å². The SMILES string of the molecule is CN(OS(=O)O)c1ccc2cc(C(N)=O)n(-c3cccc(-c4cccnc4C(F)(F)F)c3)c2c1. The quantitative estimate of drug-likeness (QED) is 0.308. The Labute approximate surface area is 193 Å². The summed E-state index contributed by atoms with van der Waals surface area (Å²) in [6.45, 7) is 0. The molecule has 0 aliphatic rings. The lowest BCUT2D eigenvalue weighted by atomic mass is 10.0. The largest absolute Gasteiger partial charge is 0.433 e. The van der Waals surface area contributed by atoms with Crippen molar-refractivity contribution in [3.63, 3.8) is 0 Å². The first-order valence-electron chi connectivity index (χ1n) is 9.67. The van der Waals surface area contributed by atoms with Crippen molar-refractivity contribution >= 4 is 33.9 Å². The summed E-state index contributed by atoms with van der Waals surface area (Å²) < 4.78 is 66.8. The first kappa shape index (κ1) is 23.4. The fourth-order valence-corrected chi connectivity index (χ4v) is 3.94. The van der Waals surface area contributed by atoms with E-state index in [-0.39, 0.29) is 16.8 Å². The maximum absolute atomic E-state index is 13.5. The number of nitrogens with zero attached hydrogens (tertiary/aromatic N) is 3. The predicted octanol–water partition coefficient (Wildman–Crippen LogP) is 4.31.